The maximum Gasteiger partial charge on any atom is 0.284 e. The number of benzene rings is 2. The molecule has 0 amide bonds. The van der Waals surface area contributed by atoms with Crippen molar-refractivity contribution in [2.24, 2.45) is 4.99 Å². The summed E-state index contributed by atoms with van der Waals surface area (Å²) in [6.45, 7) is 0. The minimum Gasteiger partial charge on any atom is -0.271 e. The zero-order valence-electron chi connectivity index (χ0n) is 14.4. The Morgan fingerprint density at radius 2 is 1.89 bits per heavy atom. The van der Waals surface area contributed by atoms with Gasteiger partial charge in [0, 0.05) is 11.8 Å². The number of alkyl halides is 2. The van der Waals surface area contributed by atoms with Gasteiger partial charge in [0.2, 0.25) is 0 Å². The Balaban J connectivity index is 2.56. The number of hydrogen-bond donors (Lipinski definition) is 1. The highest BCUT2D eigenvalue weighted by molar-refractivity contribution is 8.13. The molecule has 2 rings (SSSR count). The molecule has 0 aliphatic carbocycles. The largest absolute Gasteiger partial charge is 0.284 e. The molecule has 0 aromatic heterocycles. The fraction of sp³-hybridized carbons (Fsp3) is 0.176. The zero-order chi connectivity index (χ0) is 20.2. The van der Waals surface area contributed by atoms with Crippen LogP contribution in [0.4, 0.5) is 14.5 Å². The Kier molecular flexibility index (Phi) is 6.58. The van der Waals surface area contributed by atoms with E-state index in [0.717, 1.165) is 6.26 Å². The first kappa shape index (κ1) is 21.3. The lowest BCUT2D eigenvalue weighted by atomic mass is 9.99. The molecular formula is C17H16F2N3O2PS2. The molecule has 0 spiro atoms. The maximum atomic E-state index is 14.2. The van der Waals surface area contributed by atoms with Crippen molar-refractivity contribution in [3.63, 3.8) is 0 Å². The van der Waals surface area contributed by atoms with Crippen molar-refractivity contribution in [1.82, 2.24) is 5.32 Å². The van der Waals surface area contributed by atoms with Gasteiger partial charge >= 0.3 is 0 Å². The number of thioether (sulfide) groups is 1. The second kappa shape index (κ2) is 8.34. The van der Waals surface area contributed by atoms with E-state index in [1.54, 1.807) is 18.5 Å². The summed E-state index contributed by atoms with van der Waals surface area (Å²) in [7, 11) is -1.88. The zero-order valence-corrected chi connectivity index (χ0v) is 17.2. The van der Waals surface area contributed by atoms with E-state index in [4.69, 9.17) is 5.26 Å². The van der Waals surface area contributed by atoms with Gasteiger partial charge in [-0.1, -0.05) is 39.2 Å². The van der Waals surface area contributed by atoms with Crippen molar-refractivity contribution in [2.45, 2.75) is 10.6 Å². The normalized spacial score (nSPS) is 12.5. The molecule has 0 fully saturated rings. The Hall–Kier alpha value is -2.01. The van der Waals surface area contributed by atoms with Gasteiger partial charge < -0.3 is 0 Å². The molecule has 0 aliphatic rings. The minimum absolute atomic E-state index is 0.110. The standard InChI is InChI=1S/C17H16F2N3O2PS2/c1-26-16(21-10-20)22-12-5-8-14(15(9-12)17(18,19)25)11-3-6-13(7-4-11)27(2,23)24/h3-9H,25H2,1-2H3,(H,21,22). The van der Waals surface area contributed by atoms with Crippen molar-refractivity contribution < 1.29 is 17.2 Å². The molecule has 27 heavy (non-hydrogen) atoms. The van der Waals surface area contributed by atoms with Gasteiger partial charge in [-0.2, -0.15) is 14.0 Å². The summed E-state index contributed by atoms with van der Waals surface area (Å²) in [5.41, 5.74) is -2.53. The number of amidine groups is 1. The Morgan fingerprint density at radius 3 is 2.37 bits per heavy atom. The van der Waals surface area contributed by atoms with Crippen molar-refractivity contribution in [3.05, 3.63) is 48.0 Å². The molecule has 0 heterocycles. The fourth-order valence-corrected chi connectivity index (χ4v) is 3.51. The molecule has 0 saturated carbocycles. The van der Waals surface area contributed by atoms with Crippen LogP contribution >= 0.6 is 21.0 Å². The average molecular weight is 427 g/mol. The third-order valence-electron chi connectivity index (χ3n) is 3.54. The van der Waals surface area contributed by atoms with Crippen molar-refractivity contribution in [1.29, 1.82) is 5.26 Å². The van der Waals surface area contributed by atoms with Gasteiger partial charge in [0.15, 0.2) is 21.2 Å². The second-order valence-electron chi connectivity index (χ2n) is 5.51. The average Bonchev–Trinajstić information content (AvgIpc) is 2.60. The lowest BCUT2D eigenvalue weighted by molar-refractivity contribution is 0.104. The maximum absolute atomic E-state index is 14.2. The Bertz CT molecular complexity index is 1010. The molecule has 0 bridgehead atoms. The first-order valence-corrected chi connectivity index (χ1v) is 11.1. The number of aliphatic imine (C=N–C) groups is 1. The fourth-order valence-electron chi connectivity index (χ4n) is 2.30. The van der Waals surface area contributed by atoms with Gasteiger partial charge in [-0.25, -0.2) is 13.4 Å². The molecule has 2 aromatic carbocycles. The third-order valence-corrected chi connectivity index (χ3v) is 5.56. The number of rotatable bonds is 4. The number of halogens is 2. The third kappa shape index (κ3) is 5.48. The molecule has 5 nitrogen and oxygen atoms in total. The number of hydrogen-bond acceptors (Lipinski definition) is 5. The number of sulfone groups is 1. The van der Waals surface area contributed by atoms with E-state index in [2.05, 4.69) is 10.3 Å². The monoisotopic (exact) mass is 427 g/mol. The highest BCUT2D eigenvalue weighted by atomic mass is 32.2. The van der Waals surface area contributed by atoms with Crippen LogP contribution in [0.15, 0.2) is 52.4 Å². The number of nitriles is 1. The Morgan fingerprint density at radius 1 is 1.26 bits per heavy atom. The van der Waals surface area contributed by atoms with E-state index in [9.17, 15) is 17.2 Å². The van der Waals surface area contributed by atoms with Gasteiger partial charge in [-0.15, -0.1) is 0 Å². The van der Waals surface area contributed by atoms with Gasteiger partial charge in [0.1, 0.15) is 0 Å². The van der Waals surface area contributed by atoms with Gasteiger partial charge in [0.25, 0.3) is 5.66 Å². The summed E-state index contributed by atoms with van der Waals surface area (Å²) in [5, 5.41) is 11.3. The molecule has 142 valence electrons. The van der Waals surface area contributed by atoms with Crippen LogP contribution in [0.2, 0.25) is 0 Å². The lowest BCUT2D eigenvalue weighted by Gasteiger charge is -2.17. The van der Waals surface area contributed by atoms with Crippen molar-refractivity contribution in [2.75, 3.05) is 12.5 Å². The van der Waals surface area contributed by atoms with Crippen LogP contribution in [-0.4, -0.2) is 26.1 Å². The summed E-state index contributed by atoms with van der Waals surface area (Å²) in [5.74, 6) is 0. The summed E-state index contributed by atoms with van der Waals surface area (Å²) < 4.78 is 51.5. The molecule has 10 heteroatoms. The van der Waals surface area contributed by atoms with E-state index in [-0.39, 0.29) is 26.9 Å². The highest BCUT2D eigenvalue weighted by Gasteiger charge is 2.28. The molecule has 1 atom stereocenters. The van der Waals surface area contributed by atoms with Crippen LogP contribution in [0, 0.1) is 11.5 Å². The summed E-state index contributed by atoms with van der Waals surface area (Å²) in [6.07, 6.45) is 4.51. The predicted molar refractivity (Wildman–Crippen MR) is 108 cm³/mol. The molecule has 1 N–H and O–H groups in total. The van der Waals surface area contributed by atoms with Crippen LogP contribution in [0.1, 0.15) is 5.56 Å². The van der Waals surface area contributed by atoms with Gasteiger partial charge in [0.05, 0.1) is 10.6 Å². The molecule has 0 radical (unpaired) electrons. The van der Waals surface area contributed by atoms with Gasteiger partial charge in [-0.05, 0) is 41.6 Å². The molecule has 0 saturated heterocycles. The topological polar surface area (TPSA) is 82.3 Å². The highest BCUT2D eigenvalue weighted by Crippen LogP contribution is 2.42. The van der Waals surface area contributed by atoms with E-state index in [0.29, 0.717) is 5.56 Å². The number of nitrogens with zero attached hydrogens (tertiary/aromatic N) is 2. The summed E-state index contributed by atoms with van der Waals surface area (Å²) in [4.78, 5) is 4.26. The van der Waals surface area contributed by atoms with Crippen LogP contribution < -0.4 is 5.32 Å². The van der Waals surface area contributed by atoms with Crippen LogP contribution in [0.3, 0.4) is 0 Å². The van der Waals surface area contributed by atoms with Crippen LogP contribution in [-0.2, 0) is 15.5 Å². The predicted octanol–water partition coefficient (Wildman–Crippen LogP) is 4.10. The summed E-state index contributed by atoms with van der Waals surface area (Å²) in [6, 6.07) is 10.0. The SMILES string of the molecule is CSC(=Nc1ccc(-c2ccc(S(C)(=O)=O)cc2)c(C(F)(F)P)c1)NC#N. The molecule has 0 aliphatic heterocycles. The molecule has 1 unspecified atom stereocenters. The van der Waals surface area contributed by atoms with E-state index < -0.39 is 15.5 Å². The lowest BCUT2D eigenvalue weighted by Crippen LogP contribution is -2.12. The van der Waals surface area contributed by atoms with E-state index >= 15 is 0 Å². The van der Waals surface area contributed by atoms with Gasteiger partial charge in [-0.3, -0.25) is 5.32 Å². The van der Waals surface area contributed by atoms with E-state index in [1.165, 1.54) is 57.4 Å². The number of nitrogens with one attached hydrogen (secondary N) is 1. The molecular weight excluding hydrogens is 411 g/mol. The first-order valence-electron chi connectivity index (χ1n) is 7.45. The van der Waals surface area contributed by atoms with E-state index in [1.807, 2.05) is 0 Å². The summed E-state index contributed by atoms with van der Waals surface area (Å²) >= 11 is 1.17. The van der Waals surface area contributed by atoms with Crippen LogP contribution in [0.5, 0.6) is 0 Å². The molecule has 2 aromatic rings. The second-order valence-corrected chi connectivity index (χ2v) is 9.04. The minimum atomic E-state index is -3.37. The Labute approximate surface area is 163 Å². The smallest absolute Gasteiger partial charge is 0.271 e. The first-order chi connectivity index (χ1) is 12.6. The van der Waals surface area contributed by atoms with Crippen LogP contribution in [0.25, 0.3) is 11.1 Å². The van der Waals surface area contributed by atoms with Crippen molar-refractivity contribution >= 4 is 41.7 Å². The quantitative estimate of drug-likeness (QED) is 0.261. The van der Waals surface area contributed by atoms with Crippen molar-refractivity contribution in [3.8, 4) is 17.3 Å².